The van der Waals surface area contributed by atoms with Gasteiger partial charge in [0.05, 0.1) is 12.2 Å². The number of aromatic amines is 1. The Bertz CT molecular complexity index is 1120. The number of aromatic nitrogens is 4. The number of anilines is 1. The van der Waals surface area contributed by atoms with Crippen LogP contribution in [0.2, 0.25) is 5.02 Å². The van der Waals surface area contributed by atoms with Crippen molar-refractivity contribution in [3.63, 3.8) is 0 Å². The van der Waals surface area contributed by atoms with Crippen LogP contribution in [0, 0.1) is 5.82 Å². The Morgan fingerprint density at radius 3 is 2.71 bits per heavy atom. The third kappa shape index (κ3) is 3.94. The van der Waals surface area contributed by atoms with Crippen molar-refractivity contribution in [1.82, 2.24) is 20.0 Å². The summed E-state index contributed by atoms with van der Waals surface area (Å²) in [6.45, 7) is 0.271. The lowest BCUT2D eigenvalue weighted by molar-refractivity contribution is 0.102. The van der Waals surface area contributed by atoms with Crippen molar-refractivity contribution in [2.24, 2.45) is 0 Å². The minimum absolute atomic E-state index is 0.271. The number of carbonyl (C=O) groups excluding carboxylic acids is 1. The summed E-state index contributed by atoms with van der Waals surface area (Å²) < 4.78 is 15.3. The number of hydrogen-bond acceptors (Lipinski definition) is 3. The summed E-state index contributed by atoms with van der Waals surface area (Å²) in [4.78, 5) is 12.4. The lowest BCUT2D eigenvalue weighted by Gasteiger charge is -2.03. The van der Waals surface area contributed by atoms with E-state index < -0.39 is 0 Å². The van der Waals surface area contributed by atoms with Crippen molar-refractivity contribution in [3.05, 3.63) is 89.0 Å². The zero-order chi connectivity index (χ0) is 19.5. The van der Waals surface area contributed by atoms with Gasteiger partial charge >= 0.3 is 0 Å². The molecule has 2 N–H and O–H groups in total. The maximum absolute atomic E-state index is 13.7. The first-order chi connectivity index (χ1) is 13.6. The summed E-state index contributed by atoms with van der Waals surface area (Å²) in [5, 5.41) is 14.4. The molecule has 2 heterocycles. The molecule has 4 rings (SSSR count). The summed E-state index contributed by atoms with van der Waals surface area (Å²) in [6.07, 6.45) is 1.67. The van der Waals surface area contributed by atoms with Gasteiger partial charge in [-0.1, -0.05) is 41.9 Å². The molecule has 0 atom stereocenters. The second kappa shape index (κ2) is 7.66. The number of amides is 1. The summed E-state index contributed by atoms with van der Waals surface area (Å²) in [5.41, 5.74) is 2.29. The molecular formula is C20H15ClFN5O. The predicted molar refractivity (Wildman–Crippen MR) is 105 cm³/mol. The summed E-state index contributed by atoms with van der Waals surface area (Å²) in [5.74, 6) is -0.302. The zero-order valence-electron chi connectivity index (χ0n) is 14.6. The zero-order valence-corrected chi connectivity index (χ0v) is 15.3. The van der Waals surface area contributed by atoms with E-state index in [-0.39, 0.29) is 18.3 Å². The monoisotopic (exact) mass is 395 g/mol. The van der Waals surface area contributed by atoms with Gasteiger partial charge in [0.1, 0.15) is 11.5 Å². The Morgan fingerprint density at radius 2 is 1.93 bits per heavy atom. The Labute approximate surface area is 165 Å². The molecule has 0 radical (unpaired) electrons. The number of benzene rings is 2. The molecule has 0 aliphatic rings. The topological polar surface area (TPSA) is 75.6 Å². The van der Waals surface area contributed by atoms with Crippen molar-refractivity contribution in [2.75, 3.05) is 5.32 Å². The second-order valence-corrected chi connectivity index (χ2v) is 6.55. The van der Waals surface area contributed by atoms with Gasteiger partial charge < -0.3 is 5.32 Å². The van der Waals surface area contributed by atoms with Crippen LogP contribution in [0.1, 0.15) is 16.1 Å². The number of carbonyl (C=O) groups is 1. The molecule has 6 nitrogen and oxygen atoms in total. The quantitative estimate of drug-likeness (QED) is 0.527. The summed E-state index contributed by atoms with van der Waals surface area (Å²) in [7, 11) is 0. The molecule has 0 fully saturated rings. The van der Waals surface area contributed by atoms with Crippen molar-refractivity contribution < 1.29 is 9.18 Å². The van der Waals surface area contributed by atoms with Gasteiger partial charge in [0.2, 0.25) is 0 Å². The normalized spacial score (nSPS) is 10.8. The highest BCUT2D eigenvalue weighted by Crippen LogP contribution is 2.20. The highest BCUT2D eigenvalue weighted by Gasteiger charge is 2.13. The van der Waals surface area contributed by atoms with Crippen LogP contribution in [0.4, 0.5) is 10.2 Å². The number of H-pyrrole nitrogens is 1. The van der Waals surface area contributed by atoms with E-state index in [4.69, 9.17) is 11.6 Å². The molecule has 140 valence electrons. The van der Waals surface area contributed by atoms with E-state index in [1.165, 1.54) is 6.07 Å². The largest absolute Gasteiger partial charge is 0.304 e. The highest BCUT2D eigenvalue weighted by atomic mass is 35.5. The molecular weight excluding hydrogens is 381 g/mol. The van der Waals surface area contributed by atoms with Crippen LogP contribution < -0.4 is 5.32 Å². The van der Waals surface area contributed by atoms with E-state index in [1.807, 2.05) is 12.1 Å². The van der Waals surface area contributed by atoms with Crippen LogP contribution in [-0.2, 0) is 6.54 Å². The Balaban J connectivity index is 1.44. The molecule has 1 amide bonds. The molecule has 2 aromatic heterocycles. The van der Waals surface area contributed by atoms with Gasteiger partial charge in [-0.25, -0.2) is 4.39 Å². The fourth-order valence-corrected chi connectivity index (χ4v) is 2.83. The third-order valence-corrected chi connectivity index (χ3v) is 4.39. The van der Waals surface area contributed by atoms with Gasteiger partial charge in [-0.15, -0.1) is 0 Å². The minimum atomic E-state index is -0.371. The number of nitrogens with zero attached hydrogens (tertiary/aromatic N) is 3. The van der Waals surface area contributed by atoms with Crippen LogP contribution in [0.3, 0.4) is 0 Å². The molecule has 2 aromatic carbocycles. The smallest absolute Gasteiger partial charge is 0.274 e. The fourth-order valence-electron chi connectivity index (χ4n) is 2.71. The molecule has 0 unspecified atom stereocenters. The molecule has 0 aliphatic heterocycles. The molecule has 0 saturated heterocycles. The van der Waals surface area contributed by atoms with Crippen LogP contribution in [0.5, 0.6) is 0 Å². The standard InChI is InChI=1S/C20H15ClFN5O/c21-15-7-5-13(6-8-15)17-11-18(25-24-17)20(28)23-19-9-10-27(26-19)12-14-3-1-2-4-16(14)22/h1-11H,12H2,(H,24,25)(H,23,26,28). The van der Waals surface area contributed by atoms with Crippen LogP contribution in [0.25, 0.3) is 11.3 Å². The Hall–Kier alpha value is -3.45. The van der Waals surface area contributed by atoms with Crippen LogP contribution in [0.15, 0.2) is 66.9 Å². The van der Waals surface area contributed by atoms with Crippen molar-refractivity contribution in [2.45, 2.75) is 6.54 Å². The minimum Gasteiger partial charge on any atom is -0.304 e. The second-order valence-electron chi connectivity index (χ2n) is 6.12. The average Bonchev–Trinajstić information content (AvgIpc) is 3.34. The van der Waals surface area contributed by atoms with Crippen molar-refractivity contribution >= 4 is 23.3 Å². The molecule has 28 heavy (non-hydrogen) atoms. The van der Waals surface area contributed by atoms with Gasteiger partial charge in [-0.3, -0.25) is 14.6 Å². The first-order valence-corrected chi connectivity index (χ1v) is 8.86. The molecule has 0 bridgehead atoms. The van der Waals surface area contributed by atoms with E-state index in [9.17, 15) is 9.18 Å². The lowest BCUT2D eigenvalue weighted by atomic mass is 10.1. The van der Waals surface area contributed by atoms with Crippen LogP contribution >= 0.6 is 11.6 Å². The first kappa shape index (κ1) is 17.9. The maximum atomic E-state index is 13.7. The number of nitrogens with one attached hydrogen (secondary N) is 2. The number of halogens is 2. The number of hydrogen-bond donors (Lipinski definition) is 2. The molecule has 8 heteroatoms. The Kier molecular flexibility index (Phi) is 4.90. The molecule has 4 aromatic rings. The van der Waals surface area contributed by atoms with Gasteiger partial charge in [0.25, 0.3) is 5.91 Å². The maximum Gasteiger partial charge on any atom is 0.274 e. The summed E-state index contributed by atoms with van der Waals surface area (Å²) >= 11 is 5.88. The lowest BCUT2D eigenvalue weighted by Crippen LogP contribution is -2.13. The highest BCUT2D eigenvalue weighted by molar-refractivity contribution is 6.30. The van der Waals surface area contributed by atoms with Gasteiger partial charge in [0.15, 0.2) is 5.82 Å². The molecule has 0 spiro atoms. The predicted octanol–water partition coefficient (Wildman–Crippen LogP) is 4.37. The molecule has 0 aliphatic carbocycles. The molecule has 0 saturated carbocycles. The first-order valence-electron chi connectivity index (χ1n) is 8.48. The van der Waals surface area contributed by atoms with Gasteiger partial charge in [-0.2, -0.15) is 10.2 Å². The van der Waals surface area contributed by atoms with E-state index in [0.29, 0.717) is 27.8 Å². The van der Waals surface area contributed by atoms with E-state index in [1.54, 1.807) is 53.3 Å². The number of rotatable bonds is 5. The SMILES string of the molecule is O=C(Nc1ccn(Cc2ccccc2F)n1)c1cc(-c2ccc(Cl)cc2)n[nH]1. The van der Waals surface area contributed by atoms with Crippen LogP contribution in [-0.4, -0.2) is 25.9 Å². The Morgan fingerprint density at radius 1 is 1.14 bits per heavy atom. The average molecular weight is 396 g/mol. The fraction of sp³-hybridized carbons (Fsp3) is 0.0500. The van der Waals surface area contributed by atoms with Crippen molar-refractivity contribution in [1.29, 1.82) is 0 Å². The third-order valence-electron chi connectivity index (χ3n) is 4.13. The van der Waals surface area contributed by atoms with Gasteiger partial charge in [0, 0.05) is 28.4 Å². The summed E-state index contributed by atoms with van der Waals surface area (Å²) in [6, 6.07) is 17.0. The van der Waals surface area contributed by atoms with Crippen molar-refractivity contribution in [3.8, 4) is 11.3 Å². The van der Waals surface area contributed by atoms with E-state index in [2.05, 4.69) is 20.6 Å². The van der Waals surface area contributed by atoms with Gasteiger partial charge in [-0.05, 0) is 24.3 Å². The van der Waals surface area contributed by atoms with E-state index in [0.717, 1.165) is 5.56 Å². The van der Waals surface area contributed by atoms with E-state index >= 15 is 0 Å².